The molecule has 0 saturated carbocycles. The van der Waals surface area contributed by atoms with Crippen molar-refractivity contribution in [2.24, 2.45) is 12.8 Å². The average molecular weight is 320 g/mol. The topological polar surface area (TPSA) is 43.8 Å². The molecule has 0 aliphatic carbocycles. The van der Waals surface area contributed by atoms with Crippen LogP contribution in [0.1, 0.15) is 17.3 Å². The van der Waals surface area contributed by atoms with Crippen molar-refractivity contribution in [3.63, 3.8) is 0 Å². The van der Waals surface area contributed by atoms with E-state index in [0.717, 1.165) is 22.2 Å². The smallest absolute Gasteiger partial charge is 0.0722 e. The summed E-state index contributed by atoms with van der Waals surface area (Å²) in [5.41, 5.74) is 9.13. The molecule has 1 aromatic heterocycles. The van der Waals surface area contributed by atoms with E-state index in [4.69, 9.17) is 28.9 Å². The predicted molar refractivity (Wildman–Crippen MR) is 87.8 cm³/mol. The SMILES string of the molecule is Cn1nc(CC(N)c2c(Cl)cccc2Cl)c2ccccc21. The van der Waals surface area contributed by atoms with Crippen molar-refractivity contribution in [2.75, 3.05) is 0 Å². The zero-order valence-corrected chi connectivity index (χ0v) is 13.1. The van der Waals surface area contributed by atoms with Gasteiger partial charge in [-0.1, -0.05) is 47.5 Å². The van der Waals surface area contributed by atoms with Gasteiger partial charge in [-0.2, -0.15) is 5.10 Å². The standard InChI is InChI=1S/C16H15Cl2N3/c1-21-15-8-3-2-5-10(15)14(20-21)9-13(19)16-11(17)6-4-7-12(16)18/h2-8,13H,9,19H2,1H3. The Balaban J connectivity index is 1.99. The molecular formula is C16H15Cl2N3. The Bertz CT molecular complexity index is 775. The summed E-state index contributed by atoms with van der Waals surface area (Å²) in [6.07, 6.45) is 0.588. The minimum absolute atomic E-state index is 0.287. The van der Waals surface area contributed by atoms with E-state index in [1.54, 1.807) is 12.1 Å². The van der Waals surface area contributed by atoms with Gasteiger partial charge in [0, 0.05) is 40.5 Å². The molecule has 0 aliphatic rings. The second kappa shape index (κ2) is 5.68. The zero-order chi connectivity index (χ0) is 15.0. The Kier molecular flexibility index (Phi) is 3.89. The van der Waals surface area contributed by atoms with Crippen molar-refractivity contribution in [3.8, 4) is 0 Å². The quantitative estimate of drug-likeness (QED) is 0.789. The fourth-order valence-electron chi connectivity index (χ4n) is 2.61. The van der Waals surface area contributed by atoms with Crippen molar-refractivity contribution in [1.82, 2.24) is 9.78 Å². The second-order valence-corrected chi connectivity index (χ2v) is 5.85. The normalized spacial score (nSPS) is 12.8. The van der Waals surface area contributed by atoms with Crippen LogP contribution in [0.15, 0.2) is 42.5 Å². The molecule has 3 rings (SSSR count). The summed E-state index contributed by atoms with van der Waals surface area (Å²) in [7, 11) is 1.93. The van der Waals surface area contributed by atoms with Gasteiger partial charge in [0.05, 0.1) is 11.2 Å². The van der Waals surface area contributed by atoms with Gasteiger partial charge in [0.25, 0.3) is 0 Å². The molecule has 0 amide bonds. The molecule has 0 spiro atoms. The van der Waals surface area contributed by atoms with Crippen molar-refractivity contribution in [1.29, 1.82) is 0 Å². The third-order valence-corrected chi connectivity index (χ3v) is 4.28. The van der Waals surface area contributed by atoms with E-state index in [0.29, 0.717) is 16.5 Å². The lowest BCUT2D eigenvalue weighted by atomic mass is 10.0. The third-order valence-electron chi connectivity index (χ3n) is 3.62. The van der Waals surface area contributed by atoms with Gasteiger partial charge >= 0.3 is 0 Å². The molecule has 0 saturated heterocycles. The van der Waals surface area contributed by atoms with Crippen LogP contribution >= 0.6 is 23.2 Å². The number of aryl methyl sites for hydroxylation is 1. The molecule has 0 aliphatic heterocycles. The van der Waals surface area contributed by atoms with Crippen LogP contribution in [0, 0.1) is 0 Å². The number of hydrogen-bond acceptors (Lipinski definition) is 2. The lowest BCUT2D eigenvalue weighted by Crippen LogP contribution is -2.15. The van der Waals surface area contributed by atoms with Gasteiger partial charge < -0.3 is 5.73 Å². The van der Waals surface area contributed by atoms with Crippen LogP contribution < -0.4 is 5.73 Å². The van der Waals surface area contributed by atoms with E-state index in [2.05, 4.69) is 11.2 Å². The first-order valence-corrected chi connectivity index (χ1v) is 7.43. The molecule has 1 unspecified atom stereocenters. The maximum Gasteiger partial charge on any atom is 0.0722 e. The highest BCUT2D eigenvalue weighted by Gasteiger charge is 2.18. The minimum Gasteiger partial charge on any atom is -0.324 e. The first kappa shape index (κ1) is 14.4. The molecule has 0 bridgehead atoms. The van der Waals surface area contributed by atoms with Gasteiger partial charge in [-0.25, -0.2) is 0 Å². The maximum absolute atomic E-state index is 6.31. The second-order valence-electron chi connectivity index (χ2n) is 5.03. The largest absolute Gasteiger partial charge is 0.324 e. The van der Waals surface area contributed by atoms with Crippen LogP contribution in [0.4, 0.5) is 0 Å². The van der Waals surface area contributed by atoms with Crippen molar-refractivity contribution in [3.05, 3.63) is 63.8 Å². The van der Waals surface area contributed by atoms with Crippen LogP contribution in [-0.4, -0.2) is 9.78 Å². The Morgan fingerprint density at radius 1 is 1.10 bits per heavy atom. The van der Waals surface area contributed by atoms with Crippen molar-refractivity contribution >= 4 is 34.1 Å². The molecule has 108 valence electrons. The van der Waals surface area contributed by atoms with E-state index in [-0.39, 0.29) is 6.04 Å². The molecule has 21 heavy (non-hydrogen) atoms. The summed E-state index contributed by atoms with van der Waals surface area (Å²) in [4.78, 5) is 0. The van der Waals surface area contributed by atoms with E-state index in [1.165, 1.54) is 0 Å². The number of rotatable bonds is 3. The molecular weight excluding hydrogens is 305 g/mol. The highest BCUT2D eigenvalue weighted by Crippen LogP contribution is 2.31. The van der Waals surface area contributed by atoms with Crippen molar-refractivity contribution < 1.29 is 0 Å². The number of halogens is 2. The molecule has 1 atom stereocenters. The number of nitrogens with two attached hydrogens (primary N) is 1. The van der Waals surface area contributed by atoms with Crippen molar-refractivity contribution in [2.45, 2.75) is 12.5 Å². The number of hydrogen-bond donors (Lipinski definition) is 1. The summed E-state index contributed by atoms with van der Waals surface area (Å²) in [6.45, 7) is 0. The number of para-hydroxylation sites is 1. The van der Waals surface area contributed by atoms with Crippen LogP contribution in [0.25, 0.3) is 10.9 Å². The Morgan fingerprint density at radius 3 is 2.48 bits per heavy atom. The number of fused-ring (bicyclic) bond motifs is 1. The molecule has 2 N–H and O–H groups in total. The monoisotopic (exact) mass is 319 g/mol. The maximum atomic E-state index is 6.31. The fraction of sp³-hybridized carbons (Fsp3) is 0.188. The van der Waals surface area contributed by atoms with Gasteiger partial charge in [-0.15, -0.1) is 0 Å². The first-order valence-electron chi connectivity index (χ1n) is 6.68. The fourth-order valence-corrected chi connectivity index (χ4v) is 3.29. The molecule has 2 aromatic carbocycles. The summed E-state index contributed by atoms with van der Waals surface area (Å²) < 4.78 is 1.87. The Hall–Kier alpha value is -1.55. The summed E-state index contributed by atoms with van der Waals surface area (Å²) in [5.74, 6) is 0. The molecule has 1 heterocycles. The van der Waals surface area contributed by atoms with Crippen LogP contribution in [0.2, 0.25) is 10.0 Å². The minimum atomic E-state index is -0.287. The number of nitrogens with zero attached hydrogens (tertiary/aromatic N) is 2. The highest BCUT2D eigenvalue weighted by atomic mass is 35.5. The Morgan fingerprint density at radius 2 is 1.76 bits per heavy atom. The molecule has 0 fully saturated rings. The summed E-state index contributed by atoms with van der Waals surface area (Å²) in [5, 5.41) is 6.86. The van der Waals surface area contributed by atoms with Gasteiger partial charge in [-0.05, 0) is 18.2 Å². The molecule has 3 aromatic rings. The van der Waals surface area contributed by atoms with E-state index in [1.807, 2.05) is 36.0 Å². The van der Waals surface area contributed by atoms with Gasteiger partial charge in [0.1, 0.15) is 0 Å². The van der Waals surface area contributed by atoms with E-state index < -0.39 is 0 Å². The lowest BCUT2D eigenvalue weighted by molar-refractivity contribution is 0.682. The van der Waals surface area contributed by atoms with E-state index in [9.17, 15) is 0 Å². The molecule has 3 nitrogen and oxygen atoms in total. The van der Waals surface area contributed by atoms with Crippen LogP contribution in [-0.2, 0) is 13.5 Å². The van der Waals surface area contributed by atoms with Gasteiger partial charge in [-0.3, -0.25) is 4.68 Å². The van der Waals surface area contributed by atoms with Gasteiger partial charge in [0.15, 0.2) is 0 Å². The third kappa shape index (κ3) is 2.64. The predicted octanol–water partition coefficient (Wildman–Crippen LogP) is 4.12. The molecule has 5 heteroatoms. The summed E-state index contributed by atoms with van der Waals surface area (Å²) in [6, 6.07) is 13.2. The average Bonchev–Trinajstić information content (AvgIpc) is 2.76. The van der Waals surface area contributed by atoms with Gasteiger partial charge in [0.2, 0.25) is 0 Å². The first-order chi connectivity index (χ1) is 10.1. The van der Waals surface area contributed by atoms with E-state index >= 15 is 0 Å². The lowest BCUT2D eigenvalue weighted by Gasteiger charge is -2.14. The highest BCUT2D eigenvalue weighted by molar-refractivity contribution is 6.36. The number of aromatic nitrogens is 2. The molecule has 0 radical (unpaired) electrons. The van der Waals surface area contributed by atoms with Crippen LogP contribution in [0.5, 0.6) is 0 Å². The Labute approximate surface area is 133 Å². The number of benzene rings is 2. The zero-order valence-electron chi connectivity index (χ0n) is 11.6. The van der Waals surface area contributed by atoms with Crippen LogP contribution in [0.3, 0.4) is 0 Å². The summed E-state index contributed by atoms with van der Waals surface area (Å²) >= 11 is 12.4.